The Hall–Kier alpha value is 0.270. The van der Waals surface area contributed by atoms with Gasteiger partial charge in [0.1, 0.15) is 0 Å². The highest BCUT2D eigenvalue weighted by molar-refractivity contribution is 7.81. The maximum Gasteiger partial charge on any atom is 0.0956 e. The topological polar surface area (TPSA) is 23.5 Å². The van der Waals surface area contributed by atoms with Gasteiger partial charge in [-0.2, -0.15) is 12.6 Å². The molecule has 3 heteroatoms. The summed E-state index contributed by atoms with van der Waals surface area (Å²) in [4.78, 5) is 1.98. The maximum absolute atomic E-state index is 8.58. The first-order valence-electron chi connectivity index (χ1n) is 2.84. The summed E-state index contributed by atoms with van der Waals surface area (Å²) in [6.45, 7) is 2.14. The standard InChI is InChI=1S/C5H11NOS/c7-4-6-2-1-5(8)3-6/h5,7-8H,1-4H2. The molecular weight excluding hydrogens is 122 g/mol. The van der Waals surface area contributed by atoms with Crippen LogP contribution < -0.4 is 0 Å². The summed E-state index contributed by atoms with van der Waals surface area (Å²) >= 11 is 4.25. The highest BCUT2D eigenvalue weighted by Gasteiger charge is 2.17. The Labute approximate surface area is 54.9 Å². The monoisotopic (exact) mass is 133 g/mol. The van der Waals surface area contributed by atoms with Gasteiger partial charge in [-0.15, -0.1) is 0 Å². The van der Waals surface area contributed by atoms with E-state index in [4.69, 9.17) is 5.11 Å². The van der Waals surface area contributed by atoms with Gasteiger partial charge in [-0.1, -0.05) is 0 Å². The van der Waals surface area contributed by atoms with Crippen LogP contribution in [0.3, 0.4) is 0 Å². The molecule has 0 aliphatic carbocycles. The molecule has 1 rings (SSSR count). The molecule has 0 aromatic heterocycles. The van der Waals surface area contributed by atoms with Crippen LogP contribution in [0.2, 0.25) is 0 Å². The number of aliphatic hydroxyl groups excluding tert-OH is 1. The molecule has 1 unspecified atom stereocenters. The Kier molecular flexibility index (Phi) is 2.16. The van der Waals surface area contributed by atoms with Crippen molar-refractivity contribution in [3.63, 3.8) is 0 Å². The third kappa shape index (κ3) is 1.37. The van der Waals surface area contributed by atoms with E-state index in [2.05, 4.69) is 12.6 Å². The van der Waals surface area contributed by atoms with Gasteiger partial charge in [0.15, 0.2) is 0 Å². The lowest BCUT2D eigenvalue weighted by Crippen LogP contribution is -2.21. The number of thiol groups is 1. The van der Waals surface area contributed by atoms with Crippen molar-refractivity contribution >= 4 is 12.6 Å². The lowest BCUT2D eigenvalue weighted by atomic mass is 10.4. The molecule has 8 heavy (non-hydrogen) atoms. The van der Waals surface area contributed by atoms with E-state index < -0.39 is 0 Å². The third-order valence-corrected chi connectivity index (χ3v) is 1.87. The van der Waals surface area contributed by atoms with E-state index in [0.29, 0.717) is 5.25 Å². The van der Waals surface area contributed by atoms with Crippen molar-refractivity contribution in [2.45, 2.75) is 11.7 Å². The van der Waals surface area contributed by atoms with Gasteiger partial charge in [0.2, 0.25) is 0 Å². The number of likely N-dealkylation sites (tertiary alicyclic amines) is 1. The van der Waals surface area contributed by atoms with Crippen molar-refractivity contribution in [3.05, 3.63) is 0 Å². The van der Waals surface area contributed by atoms with Crippen LogP contribution in [-0.4, -0.2) is 35.1 Å². The van der Waals surface area contributed by atoms with Crippen molar-refractivity contribution in [3.8, 4) is 0 Å². The van der Waals surface area contributed by atoms with Gasteiger partial charge in [-0.05, 0) is 6.42 Å². The van der Waals surface area contributed by atoms with Crippen LogP contribution in [-0.2, 0) is 0 Å². The fourth-order valence-electron chi connectivity index (χ4n) is 0.941. The summed E-state index contributed by atoms with van der Waals surface area (Å²) < 4.78 is 0. The molecule has 48 valence electrons. The quantitative estimate of drug-likeness (QED) is 0.490. The highest BCUT2D eigenvalue weighted by Crippen LogP contribution is 2.12. The Balaban J connectivity index is 2.22. The van der Waals surface area contributed by atoms with E-state index in [0.717, 1.165) is 19.5 Å². The molecule has 1 fully saturated rings. The fraction of sp³-hybridized carbons (Fsp3) is 1.00. The van der Waals surface area contributed by atoms with E-state index in [1.54, 1.807) is 0 Å². The van der Waals surface area contributed by atoms with Gasteiger partial charge in [0, 0.05) is 18.3 Å². The zero-order chi connectivity index (χ0) is 5.98. The summed E-state index contributed by atoms with van der Waals surface area (Å²) in [6, 6.07) is 0. The first-order chi connectivity index (χ1) is 3.83. The average molecular weight is 133 g/mol. The smallest absolute Gasteiger partial charge is 0.0956 e. The van der Waals surface area contributed by atoms with E-state index in [-0.39, 0.29) is 6.73 Å². The molecule has 0 radical (unpaired) electrons. The van der Waals surface area contributed by atoms with Gasteiger partial charge in [0.05, 0.1) is 6.73 Å². The molecule has 1 saturated heterocycles. The zero-order valence-electron chi connectivity index (χ0n) is 4.75. The number of nitrogens with zero attached hydrogens (tertiary/aromatic N) is 1. The zero-order valence-corrected chi connectivity index (χ0v) is 5.64. The minimum Gasteiger partial charge on any atom is -0.381 e. The second-order valence-electron chi connectivity index (χ2n) is 2.16. The number of hydrogen-bond donors (Lipinski definition) is 2. The van der Waals surface area contributed by atoms with Crippen LogP contribution in [0.5, 0.6) is 0 Å². The molecule has 2 nitrogen and oxygen atoms in total. The molecule has 1 aliphatic heterocycles. The van der Waals surface area contributed by atoms with Crippen molar-refractivity contribution in [2.24, 2.45) is 0 Å². The molecule has 1 N–H and O–H groups in total. The number of hydrogen-bond acceptors (Lipinski definition) is 3. The van der Waals surface area contributed by atoms with Gasteiger partial charge in [0.25, 0.3) is 0 Å². The summed E-state index contributed by atoms with van der Waals surface area (Å²) in [5, 5.41) is 9.06. The summed E-state index contributed by atoms with van der Waals surface area (Å²) in [5.74, 6) is 0. The summed E-state index contributed by atoms with van der Waals surface area (Å²) in [7, 11) is 0. The summed E-state index contributed by atoms with van der Waals surface area (Å²) in [6.07, 6.45) is 1.11. The Bertz CT molecular complexity index is 78.8. The lowest BCUT2D eigenvalue weighted by molar-refractivity contribution is 0.132. The average Bonchev–Trinajstić information content (AvgIpc) is 2.14. The largest absolute Gasteiger partial charge is 0.381 e. The van der Waals surface area contributed by atoms with Gasteiger partial charge in [-0.25, -0.2) is 0 Å². The predicted octanol–water partition coefficient (Wildman–Crippen LogP) is -0.0597. The van der Waals surface area contributed by atoms with Crippen molar-refractivity contribution < 1.29 is 5.11 Å². The van der Waals surface area contributed by atoms with Crippen molar-refractivity contribution in [1.82, 2.24) is 4.90 Å². The van der Waals surface area contributed by atoms with Crippen LogP contribution in [0, 0.1) is 0 Å². The van der Waals surface area contributed by atoms with E-state index in [1.165, 1.54) is 0 Å². The Morgan fingerprint density at radius 2 is 2.50 bits per heavy atom. The Morgan fingerprint density at radius 3 is 2.75 bits per heavy atom. The first kappa shape index (κ1) is 6.39. The Morgan fingerprint density at radius 1 is 1.75 bits per heavy atom. The molecule has 0 bridgehead atoms. The fourth-order valence-corrected chi connectivity index (χ4v) is 1.29. The first-order valence-corrected chi connectivity index (χ1v) is 3.36. The van der Waals surface area contributed by atoms with E-state index >= 15 is 0 Å². The summed E-state index contributed by atoms with van der Waals surface area (Å²) in [5.41, 5.74) is 0. The van der Waals surface area contributed by atoms with Crippen LogP contribution in [0.1, 0.15) is 6.42 Å². The molecule has 0 amide bonds. The number of rotatable bonds is 1. The predicted molar refractivity (Wildman–Crippen MR) is 36.0 cm³/mol. The van der Waals surface area contributed by atoms with Crippen molar-refractivity contribution in [1.29, 1.82) is 0 Å². The third-order valence-electron chi connectivity index (χ3n) is 1.45. The normalized spacial score (nSPS) is 31.5. The highest BCUT2D eigenvalue weighted by atomic mass is 32.1. The molecule has 0 spiro atoms. The van der Waals surface area contributed by atoms with E-state index in [9.17, 15) is 0 Å². The van der Waals surface area contributed by atoms with Crippen LogP contribution in [0.25, 0.3) is 0 Å². The second-order valence-corrected chi connectivity index (χ2v) is 2.89. The van der Waals surface area contributed by atoms with Crippen LogP contribution in [0.4, 0.5) is 0 Å². The molecule has 1 atom stereocenters. The van der Waals surface area contributed by atoms with E-state index in [1.807, 2.05) is 4.90 Å². The van der Waals surface area contributed by atoms with Crippen molar-refractivity contribution in [2.75, 3.05) is 19.8 Å². The molecule has 0 saturated carbocycles. The van der Waals surface area contributed by atoms with Gasteiger partial charge in [-0.3, -0.25) is 4.90 Å². The minimum atomic E-state index is 0.192. The van der Waals surface area contributed by atoms with Gasteiger partial charge < -0.3 is 5.11 Å². The van der Waals surface area contributed by atoms with Gasteiger partial charge >= 0.3 is 0 Å². The molecule has 1 aliphatic rings. The van der Waals surface area contributed by atoms with Crippen LogP contribution in [0.15, 0.2) is 0 Å². The maximum atomic E-state index is 8.58. The lowest BCUT2D eigenvalue weighted by Gasteiger charge is -2.08. The number of aliphatic hydroxyl groups is 1. The van der Waals surface area contributed by atoms with Crippen LogP contribution >= 0.6 is 12.6 Å². The second kappa shape index (κ2) is 2.71. The molecule has 0 aromatic carbocycles. The molecular formula is C5H11NOS. The molecule has 1 heterocycles. The minimum absolute atomic E-state index is 0.192. The SMILES string of the molecule is OCN1CCC(S)C1. The molecule has 0 aromatic rings.